The summed E-state index contributed by atoms with van der Waals surface area (Å²) >= 11 is 0. The molecule has 0 atom stereocenters. The van der Waals surface area contributed by atoms with Crippen LogP contribution in [0.4, 0.5) is 0 Å². The van der Waals surface area contributed by atoms with Crippen molar-refractivity contribution in [3.63, 3.8) is 0 Å². The van der Waals surface area contributed by atoms with Crippen molar-refractivity contribution in [3.8, 4) is 6.01 Å². The molecule has 0 aliphatic carbocycles. The Bertz CT molecular complexity index is 659. The number of aromatic nitrogens is 4. The van der Waals surface area contributed by atoms with E-state index in [1.54, 1.807) is 12.1 Å². The molecular formula is C10H6N4O3. The van der Waals surface area contributed by atoms with Crippen molar-refractivity contribution in [2.45, 2.75) is 0 Å². The Labute approximate surface area is 94.4 Å². The second-order valence-electron chi connectivity index (χ2n) is 3.23. The predicted molar refractivity (Wildman–Crippen MR) is 55.4 cm³/mol. The molecular weight excluding hydrogens is 224 g/mol. The van der Waals surface area contributed by atoms with Gasteiger partial charge in [-0.05, 0) is 11.3 Å². The fraction of sp³-hybridized carbons (Fsp3) is 0. The lowest BCUT2D eigenvalue weighted by Gasteiger charge is -1.95. The number of tetrazole rings is 1. The van der Waals surface area contributed by atoms with Crippen molar-refractivity contribution in [2.24, 2.45) is 0 Å². The molecule has 0 saturated carbocycles. The highest BCUT2D eigenvalue weighted by atomic mass is 16.6. The van der Waals surface area contributed by atoms with Crippen LogP contribution in [0.1, 0.15) is 10.4 Å². The van der Waals surface area contributed by atoms with Crippen LogP contribution in [-0.4, -0.2) is 26.6 Å². The van der Waals surface area contributed by atoms with E-state index in [2.05, 4.69) is 20.6 Å². The molecule has 1 aromatic carbocycles. The zero-order chi connectivity index (χ0) is 11.7. The van der Waals surface area contributed by atoms with Crippen LogP contribution in [0.2, 0.25) is 0 Å². The number of fused-ring (bicyclic) bond motifs is 1. The first-order chi connectivity index (χ1) is 8.34. The molecule has 3 rings (SSSR count). The number of carbonyl (C=O) groups excluding carboxylic acids is 1. The molecule has 0 spiro atoms. The molecule has 2 heterocycles. The Morgan fingerprint density at radius 1 is 1.35 bits per heavy atom. The highest BCUT2D eigenvalue weighted by molar-refractivity contribution is 6.03. The number of rotatable bonds is 2. The second-order valence-corrected chi connectivity index (χ2v) is 3.23. The van der Waals surface area contributed by atoms with Gasteiger partial charge in [-0.3, -0.25) is 0 Å². The Morgan fingerprint density at radius 3 is 3.06 bits per heavy atom. The number of carbonyl (C=O) groups is 1. The number of benzene rings is 1. The number of H-pyrrole nitrogens is 1. The third-order valence-electron chi connectivity index (χ3n) is 2.21. The van der Waals surface area contributed by atoms with E-state index in [-0.39, 0.29) is 6.01 Å². The number of ether oxygens (including phenoxy) is 1. The summed E-state index contributed by atoms with van der Waals surface area (Å²) in [6.45, 7) is 0. The smallest absolute Gasteiger partial charge is 0.363 e. The summed E-state index contributed by atoms with van der Waals surface area (Å²) in [7, 11) is 0. The van der Waals surface area contributed by atoms with Gasteiger partial charge in [-0.25, -0.2) is 4.79 Å². The highest BCUT2D eigenvalue weighted by Gasteiger charge is 2.17. The number of nitrogens with one attached hydrogen (secondary N) is 1. The van der Waals surface area contributed by atoms with Crippen molar-refractivity contribution in [2.75, 3.05) is 0 Å². The summed E-state index contributed by atoms with van der Waals surface area (Å²) in [5.74, 6) is -0.587. The first kappa shape index (κ1) is 9.52. The van der Waals surface area contributed by atoms with Gasteiger partial charge in [0.1, 0.15) is 17.4 Å². The van der Waals surface area contributed by atoms with Gasteiger partial charge in [0.2, 0.25) is 0 Å². The van der Waals surface area contributed by atoms with Gasteiger partial charge < -0.3 is 9.15 Å². The van der Waals surface area contributed by atoms with Gasteiger partial charge in [-0.1, -0.05) is 28.4 Å². The predicted octanol–water partition coefficient (Wildman–Crippen LogP) is 1.17. The Morgan fingerprint density at radius 2 is 2.24 bits per heavy atom. The molecule has 0 amide bonds. The first-order valence-electron chi connectivity index (χ1n) is 4.76. The number of furan rings is 1. The van der Waals surface area contributed by atoms with Crippen LogP contribution < -0.4 is 4.74 Å². The van der Waals surface area contributed by atoms with Crippen molar-refractivity contribution in [1.29, 1.82) is 0 Å². The van der Waals surface area contributed by atoms with E-state index >= 15 is 0 Å². The number of hydrogen-bond donors (Lipinski definition) is 1. The monoisotopic (exact) mass is 230 g/mol. The summed E-state index contributed by atoms with van der Waals surface area (Å²) in [5.41, 5.74) is 0.943. The normalized spacial score (nSPS) is 10.6. The minimum atomic E-state index is -0.587. The minimum Gasteiger partial charge on any atom is -0.463 e. The van der Waals surface area contributed by atoms with E-state index in [9.17, 15) is 4.79 Å². The molecule has 1 N–H and O–H groups in total. The summed E-state index contributed by atoms with van der Waals surface area (Å²) in [4.78, 5) is 11.8. The number of nitrogens with zero attached hydrogens (tertiary/aromatic N) is 3. The Hall–Kier alpha value is -2.70. The minimum absolute atomic E-state index is 0.125. The molecule has 3 aromatic rings. The van der Waals surface area contributed by atoms with Gasteiger partial charge in [-0.2, -0.15) is 5.21 Å². The van der Waals surface area contributed by atoms with Crippen molar-refractivity contribution >= 4 is 16.9 Å². The summed E-state index contributed by atoms with van der Waals surface area (Å²) < 4.78 is 10.1. The van der Waals surface area contributed by atoms with E-state index in [1.165, 1.54) is 6.26 Å². The van der Waals surface area contributed by atoms with E-state index < -0.39 is 5.97 Å². The summed E-state index contributed by atoms with van der Waals surface area (Å²) in [6.07, 6.45) is 1.34. The van der Waals surface area contributed by atoms with Crippen molar-refractivity contribution in [1.82, 2.24) is 20.6 Å². The highest BCUT2D eigenvalue weighted by Crippen LogP contribution is 2.21. The molecule has 7 heteroatoms. The third-order valence-corrected chi connectivity index (χ3v) is 2.21. The summed E-state index contributed by atoms with van der Waals surface area (Å²) in [6, 6.07) is 7.04. The van der Waals surface area contributed by atoms with Crippen molar-refractivity contribution < 1.29 is 13.9 Å². The van der Waals surface area contributed by atoms with Crippen LogP contribution in [0.15, 0.2) is 34.9 Å². The molecule has 0 saturated heterocycles. The lowest BCUT2D eigenvalue weighted by molar-refractivity contribution is 0.0720. The molecule has 0 radical (unpaired) electrons. The Balaban J connectivity index is 1.96. The van der Waals surface area contributed by atoms with Crippen LogP contribution in [0.25, 0.3) is 11.0 Å². The van der Waals surface area contributed by atoms with E-state index in [1.807, 2.05) is 12.1 Å². The van der Waals surface area contributed by atoms with E-state index in [4.69, 9.17) is 9.15 Å². The standard InChI is InChI=1S/C10H6N4O3/c15-9(17-10-11-13-14-12-10)7-5-16-8-4-2-1-3-6(7)8/h1-5H,(H,11,12,13,14). The first-order valence-corrected chi connectivity index (χ1v) is 4.76. The molecule has 0 fully saturated rings. The quantitative estimate of drug-likeness (QED) is 0.664. The SMILES string of the molecule is O=C(Oc1nn[nH]n1)c1coc2ccccc12. The van der Waals surface area contributed by atoms with Crippen LogP contribution in [0.3, 0.4) is 0 Å². The van der Waals surface area contributed by atoms with Gasteiger partial charge in [-0.15, -0.1) is 0 Å². The zero-order valence-corrected chi connectivity index (χ0v) is 8.45. The average molecular weight is 230 g/mol. The topological polar surface area (TPSA) is 93.9 Å². The third kappa shape index (κ3) is 1.63. The average Bonchev–Trinajstić information content (AvgIpc) is 2.96. The van der Waals surface area contributed by atoms with Gasteiger partial charge in [0.25, 0.3) is 0 Å². The molecule has 0 aliphatic heterocycles. The number of hydrogen-bond acceptors (Lipinski definition) is 6. The summed E-state index contributed by atoms with van der Waals surface area (Å²) in [5, 5.41) is 13.2. The molecule has 0 aliphatic rings. The van der Waals surface area contributed by atoms with Crippen LogP contribution >= 0.6 is 0 Å². The molecule has 7 nitrogen and oxygen atoms in total. The van der Waals surface area contributed by atoms with Crippen LogP contribution in [0, 0.1) is 0 Å². The maximum atomic E-state index is 11.8. The van der Waals surface area contributed by atoms with Gasteiger partial charge in [0.15, 0.2) is 0 Å². The number of aromatic amines is 1. The molecule has 84 valence electrons. The van der Waals surface area contributed by atoms with Crippen LogP contribution in [0.5, 0.6) is 6.01 Å². The largest absolute Gasteiger partial charge is 0.463 e. The Kier molecular flexibility index (Phi) is 2.08. The van der Waals surface area contributed by atoms with Gasteiger partial charge in [0, 0.05) is 5.39 Å². The number of esters is 1. The second kappa shape index (κ2) is 3.71. The lowest BCUT2D eigenvalue weighted by Crippen LogP contribution is -2.08. The lowest BCUT2D eigenvalue weighted by atomic mass is 10.2. The van der Waals surface area contributed by atoms with Gasteiger partial charge >= 0.3 is 12.0 Å². The maximum absolute atomic E-state index is 11.8. The van der Waals surface area contributed by atoms with E-state index in [0.717, 1.165) is 0 Å². The zero-order valence-electron chi connectivity index (χ0n) is 8.45. The van der Waals surface area contributed by atoms with Crippen molar-refractivity contribution in [3.05, 3.63) is 36.1 Å². The fourth-order valence-electron chi connectivity index (χ4n) is 1.47. The van der Waals surface area contributed by atoms with Crippen LogP contribution in [-0.2, 0) is 0 Å². The van der Waals surface area contributed by atoms with Gasteiger partial charge in [0.05, 0.1) is 0 Å². The molecule has 2 aromatic heterocycles. The fourth-order valence-corrected chi connectivity index (χ4v) is 1.47. The molecule has 0 bridgehead atoms. The molecule has 17 heavy (non-hydrogen) atoms. The van der Waals surface area contributed by atoms with E-state index in [0.29, 0.717) is 16.5 Å². The maximum Gasteiger partial charge on any atom is 0.363 e. The molecule has 0 unspecified atom stereocenters. The number of para-hydroxylation sites is 1.